The molecule has 0 atom stereocenters. The highest BCUT2D eigenvalue weighted by molar-refractivity contribution is 6.36. The fraction of sp³-hybridized carbons (Fsp3) is 0.286. The van der Waals surface area contributed by atoms with Crippen LogP contribution < -0.4 is 5.56 Å². The molecule has 0 aliphatic carbocycles. The number of para-hydroxylation sites is 1. The maximum Gasteiger partial charge on any atom is 0.260 e. The maximum absolute atomic E-state index is 12.9. The predicted molar refractivity (Wildman–Crippen MR) is 108 cm³/mol. The lowest BCUT2D eigenvalue weighted by Gasteiger charge is -2.26. The second-order valence-corrected chi connectivity index (χ2v) is 7.60. The van der Waals surface area contributed by atoms with Gasteiger partial charge in [0, 0.05) is 22.9 Å². The zero-order valence-corrected chi connectivity index (χ0v) is 15.5. The van der Waals surface area contributed by atoms with Crippen LogP contribution in [0.2, 0.25) is 5.02 Å². The van der Waals surface area contributed by atoms with Gasteiger partial charge in [0.05, 0.1) is 15.9 Å². The standard InChI is InChI=1S/C21H19ClN2O3/c22-14-6-4-5-12-19(14)23-21(26)18-17-13(11-24-9-2-1-3-10-24)15(25)7-8-16(17)27-20(12)18/h4-8,25H,1-3,9-11H2,(H,23,26). The minimum absolute atomic E-state index is 0.196. The van der Waals surface area contributed by atoms with Gasteiger partial charge in [0.1, 0.15) is 16.9 Å². The zero-order chi connectivity index (χ0) is 18.5. The predicted octanol–water partition coefficient (Wildman–Crippen LogP) is 4.77. The lowest BCUT2D eigenvalue weighted by atomic mass is 10.0. The fourth-order valence-corrected chi connectivity index (χ4v) is 4.39. The van der Waals surface area contributed by atoms with E-state index in [9.17, 15) is 9.90 Å². The summed E-state index contributed by atoms with van der Waals surface area (Å²) in [6.45, 7) is 2.60. The second-order valence-electron chi connectivity index (χ2n) is 7.20. The summed E-state index contributed by atoms with van der Waals surface area (Å²) in [6, 6.07) is 8.82. The molecule has 1 aliphatic heterocycles. The molecule has 0 saturated carbocycles. The summed E-state index contributed by atoms with van der Waals surface area (Å²) >= 11 is 6.25. The van der Waals surface area contributed by atoms with Gasteiger partial charge in [0.25, 0.3) is 5.56 Å². The first-order chi connectivity index (χ1) is 13.1. The number of aromatic nitrogens is 1. The summed E-state index contributed by atoms with van der Waals surface area (Å²) in [4.78, 5) is 18.1. The van der Waals surface area contributed by atoms with Gasteiger partial charge < -0.3 is 14.5 Å². The molecule has 1 aliphatic rings. The van der Waals surface area contributed by atoms with Gasteiger partial charge in [-0.15, -0.1) is 0 Å². The first-order valence-electron chi connectivity index (χ1n) is 9.23. The average Bonchev–Trinajstić information content (AvgIpc) is 3.07. The minimum Gasteiger partial charge on any atom is -0.508 e. The van der Waals surface area contributed by atoms with Crippen LogP contribution in [0.1, 0.15) is 24.8 Å². The molecule has 1 saturated heterocycles. The van der Waals surface area contributed by atoms with Crippen LogP contribution >= 0.6 is 11.6 Å². The first-order valence-corrected chi connectivity index (χ1v) is 9.61. The minimum atomic E-state index is -0.255. The highest BCUT2D eigenvalue weighted by Gasteiger charge is 2.22. The van der Waals surface area contributed by atoms with Crippen molar-refractivity contribution in [3.8, 4) is 5.75 Å². The average molecular weight is 383 g/mol. The Kier molecular flexibility index (Phi) is 3.88. The molecule has 5 rings (SSSR count). The van der Waals surface area contributed by atoms with Crippen molar-refractivity contribution in [3.63, 3.8) is 0 Å². The molecule has 27 heavy (non-hydrogen) atoms. The molecule has 2 aromatic heterocycles. The number of likely N-dealkylation sites (tertiary alicyclic amines) is 1. The number of pyridine rings is 1. The fourth-order valence-electron chi connectivity index (χ4n) is 4.17. The number of piperidine rings is 1. The SMILES string of the molecule is O=c1[nH]c2c(Cl)cccc2c2oc3ccc(O)c(CN4CCCCC4)c3c12. The van der Waals surface area contributed by atoms with Crippen molar-refractivity contribution in [3.05, 3.63) is 51.3 Å². The van der Waals surface area contributed by atoms with Gasteiger partial charge in [0.15, 0.2) is 0 Å². The molecule has 0 bridgehead atoms. The Balaban J connectivity index is 1.83. The Hall–Kier alpha value is -2.50. The molecule has 0 unspecified atom stereocenters. The van der Waals surface area contributed by atoms with Gasteiger partial charge in [-0.2, -0.15) is 0 Å². The molecule has 0 spiro atoms. The molecule has 2 N–H and O–H groups in total. The van der Waals surface area contributed by atoms with Gasteiger partial charge in [0.2, 0.25) is 0 Å². The van der Waals surface area contributed by atoms with Crippen LogP contribution in [-0.2, 0) is 6.54 Å². The third-order valence-corrected chi connectivity index (χ3v) is 5.81. The number of aromatic amines is 1. The van der Waals surface area contributed by atoms with Gasteiger partial charge in [-0.3, -0.25) is 9.69 Å². The number of rotatable bonds is 2. The lowest BCUT2D eigenvalue weighted by Crippen LogP contribution is -2.29. The number of H-pyrrole nitrogens is 1. The van der Waals surface area contributed by atoms with E-state index >= 15 is 0 Å². The van der Waals surface area contributed by atoms with Crippen molar-refractivity contribution in [2.45, 2.75) is 25.8 Å². The van der Waals surface area contributed by atoms with Gasteiger partial charge in [-0.05, 0) is 50.2 Å². The third kappa shape index (κ3) is 2.61. The summed E-state index contributed by atoms with van der Waals surface area (Å²) in [6.07, 6.45) is 3.56. The summed E-state index contributed by atoms with van der Waals surface area (Å²) in [7, 11) is 0. The van der Waals surface area contributed by atoms with Gasteiger partial charge in [-0.25, -0.2) is 0 Å². The van der Waals surface area contributed by atoms with E-state index < -0.39 is 0 Å². The number of aromatic hydroxyl groups is 1. The number of phenols is 1. The maximum atomic E-state index is 12.9. The number of nitrogens with one attached hydrogen (secondary N) is 1. The van der Waals surface area contributed by atoms with E-state index in [1.165, 1.54) is 6.42 Å². The molecular weight excluding hydrogens is 364 g/mol. The molecule has 3 heterocycles. The first kappa shape index (κ1) is 16.7. The topological polar surface area (TPSA) is 69.5 Å². The summed E-state index contributed by atoms with van der Waals surface area (Å²) in [5.41, 5.74) is 2.18. The number of halogens is 1. The largest absolute Gasteiger partial charge is 0.508 e. The van der Waals surface area contributed by atoms with E-state index in [1.54, 1.807) is 18.2 Å². The molecule has 0 amide bonds. The van der Waals surface area contributed by atoms with Crippen molar-refractivity contribution in [2.24, 2.45) is 0 Å². The van der Waals surface area contributed by atoms with Gasteiger partial charge in [-0.1, -0.05) is 24.1 Å². The third-order valence-electron chi connectivity index (χ3n) is 5.49. The summed E-state index contributed by atoms with van der Waals surface area (Å²) in [5, 5.41) is 13.0. The Morgan fingerprint density at radius 1 is 1.11 bits per heavy atom. The number of hydrogen-bond donors (Lipinski definition) is 2. The zero-order valence-electron chi connectivity index (χ0n) is 14.7. The number of fused-ring (bicyclic) bond motifs is 5. The van der Waals surface area contributed by atoms with Crippen LogP contribution in [0.5, 0.6) is 5.75 Å². The smallest absolute Gasteiger partial charge is 0.260 e. The van der Waals surface area contributed by atoms with Crippen molar-refractivity contribution < 1.29 is 9.52 Å². The van der Waals surface area contributed by atoms with Gasteiger partial charge >= 0.3 is 0 Å². The molecular formula is C21H19ClN2O3. The Morgan fingerprint density at radius 2 is 1.93 bits per heavy atom. The van der Waals surface area contributed by atoms with Crippen LogP contribution in [0.25, 0.3) is 32.8 Å². The molecule has 1 fully saturated rings. The molecule has 4 aromatic rings. The van der Waals surface area contributed by atoms with Crippen molar-refractivity contribution in [2.75, 3.05) is 13.1 Å². The highest BCUT2D eigenvalue weighted by Crippen LogP contribution is 2.38. The highest BCUT2D eigenvalue weighted by atomic mass is 35.5. The Labute approximate surface area is 160 Å². The van der Waals surface area contributed by atoms with Crippen molar-refractivity contribution >= 4 is 44.4 Å². The van der Waals surface area contributed by atoms with E-state index in [0.717, 1.165) is 36.9 Å². The molecule has 2 aromatic carbocycles. The van der Waals surface area contributed by atoms with Crippen molar-refractivity contribution in [1.82, 2.24) is 9.88 Å². The molecule has 6 heteroatoms. The van der Waals surface area contributed by atoms with E-state index in [-0.39, 0.29) is 11.3 Å². The van der Waals surface area contributed by atoms with E-state index in [0.29, 0.717) is 39.0 Å². The number of nitrogens with zero attached hydrogens (tertiary/aromatic N) is 1. The van der Waals surface area contributed by atoms with Crippen LogP contribution in [-0.4, -0.2) is 28.1 Å². The van der Waals surface area contributed by atoms with E-state index in [4.69, 9.17) is 16.0 Å². The van der Waals surface area contributed by atoms with E-state index in [1.807, 2.05) is 12.1 Å². The Morgan fingerprint density at radius 3 is 2.74 bits per heavy atom. The molecule has 138 valence electrons. The number of benzene rings is 2. The molecule has 5 nitrogen and oxygen atoms in total. The quantitative estimate of drug-likeness (QED) is 0.523. The molecule has 0 radical (unpaired) electrons. The summed E-state index contributed by atoms with van der Waals surface area (Å²) < 4.78 is 6.08. The second kappa shape index (κ2) is 6.29. The number of furan rings is 1. The van der Waals surface area contributed by atoms with Crippen LogP contribution in [0.15, 0.2) is 39.5 Å². The number of hydrogen-bond acceptors (Lipinski definition) is 4. The van der Waals surface area contributed by atoms with Crippen LogP contribution in [0.3, 0.4) is 0 Å². The number of phenolic OH excluding ortho intramolecular Hbond substituents is 1. The normalized spacial score (nSPS) is 15.9. The van der Waals surface area contributed by atoms with Crippen LogP contribution in [0, 0.1) is 0 Å². The summed E-state index contributed by atoms with van der Waals surface area (Å²) in [5.74, 6) is 0.196. The van der Waals surface area contributed by atoms with Crippen LogP contribution in [0.4, 0.5) is 0 Å². The monoisotopic (exact) mass is 382 g/mol. The Bertz CT molecular complexity index is 1240. The van der Waals surface area contributed by atoms with E-state index in [2.05, 4.69) is 9.88 Å². The van der Waals surface area contributed by atoms with Crippen molar-refractivity contribution in [1.29, 1.82) is 0 Å². The lowest BCUT2D eigenvalue weighted by molar-refractivity contribution is 0.219.